The fraction of sp³-hybridized carbons (Fsp3) is 0.273. The molecule has 0 radical (unpaired) electrons. The lowest BCUT2D eigenvalue weighted by molar-refractivity contribution is -0.145. The number of halogens is 1. The maximum atomic E-state index is 13.0. The van der Waals surface area contributed by atoms with Crippen LogP contribution in [0.4, 0.5) is 4.39 Å². The zero-order valence-corrected chi connectivity index (χ0v) is 8.98. The highest BCUT2D eigenvalue weighted by Crippen LogP contribution is 2.21. The summed E-state index contributed by atoms with van der Waals surface area (Å²) in [5.41, 5.74) is 0.950. The Hall–Kier alpha value is -1.91. The fourth-order valence-electron chi connectivity index (χ4n) is 1.39. The second kappa shape index (κ2) is 5.25. The first-order chi connectivity index (χ1) is 7.54. The van der Waals surface area contributed by atoms with E-state index in [0.717, 1.165) is 6.21 Å². The number of ether oxygens (including phenoxy) is 1. The zero-order chi connectivity index (χ0) is 12.1. The average Bonchev–Trinajstić information content (AvgIpc) is 2.20. The van der Waals surface area contributed by atoms with Crippen molar-refractivity contribution in [3.63, 3.8) is 0 Å². The first-order valence-corrected chi connectivity index (χ1v) is 4.68. The molecule has 1 N–H and O–H groups in total. The molecule has 0 aliphatic heterocycles. The molecule has 1 unspecified atom stereocenters. The van der Waals surface area contributed by atoms with Crippen molar-refractivity contribution in [3.05, 3.63) is 35.1 Å². The van der Waals surface area contributed by atoms with Crippen LogP contribution in [-0.4, -0.2) is 17.4 Å². The van der Waals surface area contributed by atoms with Crippen LogP contribution < -0.4 is 0 Å². The summed E-state index contributed by atoms with van der Waals surface area (Å²) in [5, 5.41) is 11.3. The molecule has 0 heterocycles. The number of hydrogen-bond donors (Lipinski definition) is 1. The minimum absolute atomic E-state index is 0.441. The Balaban J connectivity index is 3.08. The van der Waals surface area contributed by atoms with Crippen molar-refractivity contribution < 1.29 is 19.1 Å². The van der Waals surface area contributed by atoms with Gasteiger partial charge in [-0.25, -0.2) is 4.39 Å². The van der Waals surface area contributed by atoms with Crippen LogP contribution >= 0.6 is 0 Å². The Morgan fingerprint density at radius 1 is 1.62 bits per heavy atom. The molecule has 0 bridgehead atoms. The summed E-state index contributed by atoms with van der Waals surface area (Å²) in [6.45, 7) is 2.89. The van der Waals surface area contributed by atoms with Crippen molar-refractivity contribution in [2.24, 2.45) is 5.16 Å². The van der Waals surface area contributed by atoms with Crippen molar-refractivity contribution in [2.75, 3.05) is 0 Å². The second-order valence-electron chi connectivity index (χ2n) is 3.27. The van der Waals surface area contributed by atoms with Crippen LogP contribution in [0.3, 0.4) is 0 Å². The lowest BCUT2D eigenvalue weighted by Gasteiger charge is -2.14. The third-order valence-electron chi connectivity index (χ3n) is 2.03. The average molecular weight is 225 g/mol. The van der Waals surface area contributed by atoms with E-state index in [1.807, 2.05) is 0 Å². The largest absolute Gasteiger partial charge is 0.458 e. The molecule has 16 heavy (non-hydrogen) atoms. The van der Waals surface area contributed by atoms with Gasteiger partial charge in [0.25, 0.3) is 0 Å². The number of hydrogen-bond acceptors (Lipinski definition) is 4. The maximum Gasteiger partial charge on any atom is 0.303 e. The molecule has 0 aliphatic rings. The molecule has 0 saturated carbocycles. The van der Waals surface area contributed by atoms with Gasteiger partial charge in [-0.15, -0.1) is 0 Å². The van der Waals surface area contributed by atoms with E-state index in [1.165, 1.54) is 25.1 Å². The summed E-state index contributed by atoms with van der Waals surface area (Å²) in [4.78, 5) is 10.8. The van der Waals surface area contributed by atoms with E-state index in [4.69, 9.17) is 9.94 Å². The highest BCUT2D eigenvalue weighted by molar-refractivity contribution is 5.81. The van der Waals surface area contributed by atoms with Crippen LogP contribution in [0, 0.1) is 5.82 Å². The Morgan fingerprint density at radius 3 is 2.88 bits per heavy atom. The van der Waals surface area contributed by atoms with Gasteiger partial charge in [-0.3, -0.25) is 4.79 Å². The molecule has 0 aromatic heterocycles. The van der Waals surface area contributed by atoms with Crippen LogP contribution in [0.2, 0.25) is 0 Å². The number of nitrogens with zero attached hydrogens (tertiary/aromatic N) is 1. The summed E-state index contributed by atoms with van der Waals surface area (Å²) < 4.78 is 18.0. The first kappa shape index (κ1) is 12.2. The van der Waals surface area contributed by atoms with E-state index in [0.29, 0.717) is 11.1 Å². The molecule has 1 atom stereocenters. The van der Waals surface area contributed by atoms with Crippen molar-refractivity contribution in [1.29, 1.82) is 0 Å². The van der Waals surface area contributed by atoms with Gasteiger partial charge >= 0.3 is 5.97 Å². The van der Waals surface area contributed by atoms with Gasteiger partial charge in [0.05, 0.1) is 6.21 Å². The van der Waals surface area contributed by atoms with Crippen molar-refractivity contribution in [3.8, 4) is 0 Å². The Labute approximate surface area is 92.3 Å². The minimum Gasteiger partial charge on any atom is -0.458 e. The molecule has 4 nitrogen and oxygen atoms in total. The standard InChI is InChI=1S/C11H12FNO3/c1-7(16-8(2)14)11-5-10(12)4-3-9(11)6-13-15/h3-7,15H,1-2H3/b13-6+. The van der Waals surface area contributed by atoms with Gasteiger partial charge < -0.3 is 9.94 Å². The molecule has 1 rings (SSSR count). The molecule has 0 spiro atoms. The SMILES string of the molecule is CC(=O)OC(C)c1cc(F)ccc1/C=N/O. The summed E-state index contributed by atoms with van der Waals surface area (Å²) in [5.74, 6) is -0.896. The molecule has 5 heteroatoms. The Kier molecular flexibility index (Phi) is 3.99. The summed E-state index contributed by atoms with van der Waals surface area (Å²) in [6, 6.07) is 3.93. The van der Waals surface area contributed by atoms with E-state index in [9.17, 15) is 9.18 Å². The first-order valence-electron chi connectivity index (χ1n) is 4.68. The number of oxime groups is 1. The van der Waals surface area contributed by atoms with Crippen molar-refractivity contribution >= 4 is 12.2 Å². The van der Waals surface area contributed by atoms with E-state index in [1.54, 1.807) is 6.92 Å². The smallest absolute Gasteiger partial charge is 0.303 e. The van der Waals surface area contributed by atoms with Crippen LogP contribution in [0.15, 0.2) is 23.4 Å². The number of carbonyl (C=O) groups excluding carboxylic acids is 1. The molecule has 0 fully saturated rings. The third kappa shape index (κ3) is 3.05. The molecular weight excluding hydrogens is 213 g/mol. The van der Waals surface area contributed by atoms with Gasteiger partial charge in [0.1, 0.15) is 11.9 Å². The van der Waals surface area contributed by atoms with Crippen LogP contribution in [-0.2, 0) is 9.53 Å². The summed E-state index contributed by atoms with van der Waals surface area (Å²) in [6.07, 6.45) is 0.565. The number of esters is 1. The second-order valence-corrected chi connectivity index (χ2v) is 3.27. The molecular formula is C11H12FNO3. The fourth-order valence-corrected chi connectivity index (χ4v) is 1.39. The Bertz CT molecular complexity index is 418. The molecule has 1 aromatic rings. The van der Waals surface area contributed by atoms with E-state index >= 15 is 0 Å². The van der Waals surface area contributed by atoms with Crippen LogP contribution in [0.1, 0.15) is 31.1 Å². The lowest BCUT2D eigenvalue weighted by Crippen LogP contribution is -2.07. The summed E-state index contributed by atoms with van der Waals surface area (Å²) in [7, 11) is 0. The predicted molar refractivity (Wildman–Crippen MR) is 56.0 cm³/mol. The van der Waals surface area contributed by atoms with Crippen molar-refractivity contribution in [1.82, 2.24) is 0 Å². The topological polar surface area (TPSA) is 58.9 Å². The molecule has 86 valence electrons. The Morgan fingerprint density at radius 2 is 2.31 bits per heavy atom. The molecule has 0 saturated heterocycles. The molecule has 0 aliphatic carbocycles. The third-order valence-corrected chi connectivity index (χ3v) is 2.03. The van der Waals surface area contributed by atoms with Crippen LogP contribution in [0.5, 0.6) is 0 Å². The van der Waals surface area contributed by atoms with Gasteiger partial charge in [-0.1, -0.05) is 5.16 Å². The number of carbonyl (C=O) groups is 1. The minimum atomic E-state index is -0.596. The normalized spacial score (nSPS) is 12.7. The summed E-state index contributed by atoms with van der Waals surface area (Å²) >= 11 is 0. The molecule has 1 aromatic carbocycles. The maximum absolute atomic E-state index is 13.0. The monoisotopic (exact) mass is 225 g/mol. The molecule has 0 amide bonds. The van der Waals surface area contributed by atoms with Crippen molar-refractivity contribution in [2.45, 2.75) is 20.0 Å². The zero-order valence-electron chi connectivity index (χ0n) is 8.98. The van der Waals surface area contributed by atoms with Crippen LogP contribution in [0.25, 0.3) is 0 Å². The number of benzene rings is 1. The van der Waals surface area contributed by atoms with E-state index in [-0.39, 0.29) is 0 Å². The van der Waals surface area contributed by atoms with Gasteiger partial charge in [-0.2, -0.15) is 0 Å². The highest BCUT2D eigenvalue weighted by atomic mass is 19.1. The van der Waals surface area contributed by atoms with E-state index < -0.39 is 17.9 Å². The van der Waals surface area contributed by atoms with Gasteiger partial charge in [-0.05, 0) is 25.1 Å². The van der Waals surface area contributed by atoms with E-state index in [2.05, 4.69) is 5.16 Å². The lowest BCUT2D eigenvalue weighted by atomic mass is 10.0. The van der Waals surface area contributed by atoms with Gasteiger partial charge in [0.2, 0.25) is 0 Å². The quantitative estimate of drug-likeness (QED) is 0.371. The highest BCUT2D eigenvalue weighted by Gasteiger charge is 2.13. The van der Waals surface area contributed by atoms with Gasteiger partial charge in [0, 0.05) is 18.1 Å². The van der Waals surface area contributed by atoms with Gasteiger partial charge in [0.15, 0.2) is 0 Å². The number of rotatable bonds is 3. The predicted octanol–water partition coefficient (Wildman–Crippen LogP) is 2.26.